The second kappa shape index (κ2) is 7.58. The quantitative estimate of drug-likeness (QED) is 0.391. The maximum Gasteiger partial charge on any atom is 0.127 e. The largest absolute Gasteiger partial charge is 0.457 e. The molecule has 2 heteroatoms. The smallest absolute Gasteiger partial charge is 0.127 e. The predicted octanol–water partition coefficient (Wildman–Crippen LogP) is 6.95. The molecule has 126 valence electrons. The van der Waals surface area contributed by atoms with E-state index in [-0.39, 0.29) is 0 Å². The van der Waals surface area contributed by atoms with Crippen molar-refractivity contribution in [3.63, 3.8) is 0 Å². The number of hydrogen-bond acceptors (Lipinski definition) is 2. The third-order valence-corrected chi connectivity index (χ3v) is 4.10. The number of hydrogen-bond donors (Lipinski definition) is 0. The maximum atomic E-state index is 5.91. The highest BCUT2D eigenvalue weighted by Gasteiger charge is 2.11. The number of nitrogens with zero attached hydrogens (tertiary/aromatic N) is 1. The molecular weight excluding hydrogens is 318 g/mol. The van der Waals surface area contributed by atoms with Crippen molar-refractivity contribution in [2.75, 3.05) is 4.90 Å². The van der Waals surface area contributed by atoms with Crippen LogP contribution in [0.3, 0.4) is 0 Å². The molecule has 0 amide bonds. The van der Waals surface area contributed by atoms with Crippen molar-refractivity contribution < 1.29 is 4.74 Å². The highest BCUT2D eigenvalue weighted by atomic mass is 16.5. The van der Waals surface area contributed by atoms with Crippen molar-refractivity contribution in [2.24, 2.45) is 0 Å². The molecule has 0 heterocycles. The fourth-order valence-electron chi connectivity index (χ4n) is 2.89. The highest BCUT2D eigenvalue weighted by Crippen LogP contribution is 2.35. The van der Waals surface area contributed by atoms with Crippen molar-refractivity contribution in [3.8, 4) is 11.5 Å². The molecule has 0 radical (unpaired) electrons. The van der Waals surface area contributed by atoms with E-state index in [1.807, 2.05) is 54.6 Å². The summed E-state index contributed by atoms with van der Waals surface area (Å²) in [4.78, 5) is 2.23. The molecule has 0 unspecified atom stereocenters. The van der Waals surface area contributed by atoms with E-state index < -0.39 is 0 Å². The van der Waals surface area contributed by atoms with Crippen LogP contribution >= 0.6 is 0 Å². The normalized spacial score (nSPS) is 10.3. The summed E-state index contributed by atoms with van der Waals surface area (Å²) in [5, 5.41) is 0. The Morgan fingerprint density at radius 2 is 0.769 bits per heavy atom. The van der Waals surface area contributed by atoms with Gasteiger partial charge in [-0.15, -0.1) is 0 Å². The second-order valence-corrected chi connectivity index (χ2v) is 5.92. The lowest BCUT2D eigenvalue weighted by molar-refractivity contribution is 0.483. The Hall–Kier alpha value is -3.52. The van der Waals surface area contributed by atoms with Gasteiger partial charge in [0.2, 0.25) is 0 Å². The predicted molar refractivity (Wildman–Crippen MR) is 108 cm³/mol. The van der Waals surface area contributed by atoms with Crippen molar-refractivity contribution in [2.45, 2.75) is 0 Å². The zero-order valence-corrected chi connectivity index (χ0v) is 14.3. The zero-order valence-electron chi connectivity index (χ0n) is 14.3. The molecule has 0 N–H and O–H groups in total. The molecule has 0 saturated heterocycles. The zero-order chi connectivity index (χ0) is 17.6. The van der Waals surface area contributed by atoms with Gasteiger partial charge in [0.05, 0.1) is 0 Å². The van der Waals surface area contributed by atoms with Crippen molar-refractivity contribution in [1.29, 1.82) is 0 Å². The van der Waals surface area contributed by atoms with E-state index in [2.05, 4.69) is 65.6 Å². The fraction of sp³-hybridized carbons (Fsp3) is 0. The molecule has 0 bridgehead atoms. The van der Waals surface area contributed by atoms with Crippen molar-refractivity contribution in [3.05, 3.63) is 115 Å². The van der Waals surface area contributed by atoms with Crippen LogP contribution < -0.4 is 9.64 Å². The van der Waals surface area contributed by atoms with Gasteiger partial charge in [0, 0.05) is 17.1 Å². The average Bonchev–Trinajstić information content (AvgIpc) is 2.72. The van der Waals surface area contributed by atoms with E-state index in [0.717, 1.165) is 28.6 Å². The summed E-state index contributed by atoms with van der Waals surface area (Å²) in [5.41, 5.74) is 3.33. The molecular formula is C24H19NO. The molecule has 4 rings (SSSR count). The van der Waals surface area contributed by atoms with Crippen LogP contribution in [-0.4, -0.2) is 0 Å². The molecule has 4 aromatic rings. The first kappa shape index (κ1) is 16.0. The third-order valence-electron chi connectivity index (χ3n) is 4.10. The Morgan fingerprint density at radius 3 is 1.27 bits per heavy atom. The first-order valence-electron chi connectivity index (χ1n) is 8.63. The number of anilines is 3. The monoisotopic (exact) mass is 337 g/mol. The number of rotatable bonds is 5. The molecule has 0 aliphatic heterocycles. The number of benzene rings is 4. The molecule has 0 aliphatic rings. The van der Waals surface area contributed by atoms with Gasteiger partial charge in [0.1, 0.15) is 11.5 Å². The van der Waals surface area contributed by atoms with Crippen LogP contribution in [0.5, 0.6) is 11.5 Å². The molecule has 0 aliphatic carbocycles. The molecule has 0 atom stereocenters. The minimum Gasteiger partial charge on any atom is -0.457 e. The lowest BCUT2D eigenvalue weighted by Crippen LogP contribution is -2.09. The van der Waals surface area contributed by atoms with Crippen LogP contribution in [0.15, 0.2) is 115 Å². The number of ether oxygens (including phenoxy) is 1. The van der Waals surface area contributed by atoms with Gasteiger partial charge in [-0.2, -0.15) is 0 Å². The van der Waals surface area contributed by atoms with Crippen molar-refractivity contribution in [1.82, 2.24) is 0 Å². The summed E-state index contributed by atoms with van der Waals surface area (Å²) < 4.78 is 5.91. The Balaban J connectivity index is 1.66. The lowest BCUT2D eigenvalue weighted by atomic mass is 10.2. The minimum absolute atomic E-state index is 0.820. The SMILES string of the molecule is c1ccc(Oc2ccc(N(c3ccccc3)c3ccccc3)cc2)cc1. The summed E-state index contributed by atoms with van der Waals surface area (Å²) in [6.07, 6.45) is 0. The Kier molecular flexibility index (Phi) is 4.66. The Morgan fingerprint density at radius 1 is 0.385 bits per heavy atom. The van der Waals surface area contributed by atoms with E-state index in [1.54, 1.807) is 0 Å². The van der Waals surface area contributed by atoms with E-state index in [1.165, 1.54) is 0 Å². The summed E-state index contributed by atoms with van der Waals surface area (Å²) in [6, 6.07) is 38.7. The minimum atomic E-state index is 0.820. The van der Waals surface area contributed by atoms with E-state index in [9.17, 15) is 0 Å². The average molecular weight is 337 g/mol. The summed E-state index contributed by atoms with van der Waals surface area (Å²) >= 11 is 0. The molecule has 2 nitrogen and oxygen atoms in total. The van der Waals surface area contributed by atoms with E-state index in [4.69, 9.17) is 4.74 Å². The number of para-hydroxylation sites is 3. The van der Waals surface area contributed by atoms with E-state index in [0.29, 0.717) is 0 Å². The van der Waals surface area contributed by atoms with Crippen LogP contribution in [0.25, 0.3) is 0 Å². The molecule has 0 fully saturated rings. The van der Waals surface area contributed by atoms with Crippen LogP contribution in [0, 0.1) is 0 Å². The van der Waals surface area contributed by atoms with Crippen LogP contribution in [-0.2, 0) is 0 Å². The molecule has 0 aromatic heterocycles. The van der Waals surface area contributed by atoms with Crippen LogP contribution in [0.4, 0.5) is 17.1 Å². The van der Waals surface area contributed by atoms with Gasteiger partial charge in [-0.05, 0) is 60.7 Å². The topological polar surface area (TPSA) is 12.5 Å². The lowest BCUT2D eigenvalue weighted by Gasteiger charge is -2.25. The van der Waals surface area contributed by atoms with Gasteiger partial charge in [-0.25, -0.2) is 0 Å². The maximum absolute atomic E-state index is 5.91. The Bertz CT molecular complexity index is 896. The third kappa shape index (κ3) is 3.60. The van der Waals surface area contributed by atoms with Gasteiger partial charge in [0.25, 0.3) is 0 Å². The summed E-state index contributed by atoms with van der Waals surface area (Å²) in [5.74, 6) is 1.66. The molecule has 0 saturated carbocycles. The van der Waals surface area contributed by atoms with Crippen LogP contribution in [0.1, 0.15) is 0 Å². The van der Waals surface area contributed by atoms with Gasteiger partial charge in [-0.1, -0.05) is 54.6 Å². The molecule has 26 heavy (non-hydrogen) atoms. The first-order valence-corrected chi connectivity index (χ1v) is 8.63. The van der Waals surface area contributed by atoms with Gasteiger partial charge >= 0.3 is 0 Å². The van der Waals surface area contributed by atoms with Crippen LogP contribution in [0.2, 0.25) is 0 Å². The summed E-state index contributed by atoms with van der Waals surface area (Å²) in [7, 11) is 0. The van der Waals surface area contributed by atoms with Crippen molar-refractivity contribution >= 4 is 17.1 Å². The van der Waals surface area contributed by atoms with Gasteiger partial charge < -0.3 is 9.64 Å². The van der Waals surface area contributed by atoms with Gasteiger partial charge in [-0.3, -0.25) is 0 Å². The summed E-state index contributed by atoms with van der Waals surface area (Å²) in [6.45, 7) is 0. The molecule has 4 aromatic carbocycles. The highest BCUT2D eigenvalue weighted by molar-refractivity contribution is 5.76. The Labute approximate surface area is 153 Å². The second-order valence-electron chi connectivity index (χ2n) is 5.92. The first-order chi connectivity index (χ1) is 12.9. The fourth-order valence-corrected chi connectivity index (χ4v) is 2.89. The van der Waals surface area contributed by atoms with Gasteiger partial charge in [0.15, 0.2) is 0 Å². The molecule has 0 spiro atoms. The standard InChI is InChI=1S/C24H19NO/c1-4-10-20(11-5-1)25(21-12-6-2-7-13-21)22-16-18-24(19-17-22)26-23-14-8-3-9-15-23/h1-19H. The van der Waals surface area contributed by atoms with E-state index >= 15 is 0 Å².